The minimum atomic E-state index is -3.72. The maximum atomic E-state index is 12.4. The molecule has 3 aromatic rings. The number of hydrogen-bond donors (Lipinski definition) is 1. The van der Waals surface area contributed by atoms with Crippen molar-refractivity contribution >= 4 is 10.0 Å². The number of benzene rings is 1. The fourth-order valence-corrected chi connectivity index (χ4v) is 3.52. The van der Waals surface area contributed by atoms with Gasteiger partial charge >= 0.3 is 0 Å². The zero-order chi connectivity index (χ0) is 18.9. The Morgan fingerprint density at radius 1 is 1.15 bits per heavy atom. The first-order chi connectivity index (χ1) is 12.3. The number of pyridine rings is 1. The summed E-state index contributed by atoms with van der Waals surface area (Å²) >= 11 is 0. The summed E-state index contributed by atoms with van der Waals surface area (Å²) in [5.41, 5.74) is 1.41. The average molecular weight is 374 g/mol. The van der Waals surface area contributed by atoms with Gasteiger partial charge in [-0.3, -0.25) is 4.79 Å². The van der Waals surface area contributed by atoms with Crippen LogP contribution in [0, 0.1) is 6.92 Å². The van der Waals surface area contributed by atoms with E-state index in [-0.39, 0.29) is 22.2 Å². The summed E-state index contributed by atoms with van der Waals surface area (Å²) in [6.07, 6.45) is 1.58. The molecule has 1 unspecified atom stereocenters. The van der Waals surface area contributed by atoms with E-state index in [0.717, 1.165) is 5.56 Å². The molecule has 3 rings (SSSR count). The van der Waals surface area contributed by atoms with Gasteiger partial charge in [0.25, 0.3) is 0 Å². The van der Waals surface area contributed by atoms with Gasteiger partial charge < -0.3 is 9.09 Å². The Hall–Kier alpha value is -2.78. The van der Waals surface area contributed by atoms with E-state index in [1.165, 1.54) is 22.8 Å². The molecule has 1 N–H and O–H groups in total. The predicted octanol–water partition coefficient (Wildman–Crippen LogP) is 1.78. The number of nitrogens with one attached hydrogen (secondary N) is 1. The van der Waals surface area contributed by atoms with Crippen molar-refractivity contribution in [2.24, 2.45) is 7.05 Å². The van der Waals surface area contributed by atoms with E-state index in [1.807, 2.05) is 6.92 Å². The van der Waals surface area contributed by atoms with Crippen LogP contribution in [0.2, 0.25) is 0 Å². The first-order valence-electron chi connectivity index (χ1n) is 7.86. The Morgan fingerprint density at radius 2 is 1.85 bits per heavy atom. The Kier molecular flexibility index (Phi) is 4.75. The summed E-state index contributed by atoms with van der Waals surface area (Å²) < 4.78 is 34.0. The molecule has 0 aliphatic heterocycles. The van der Waals surface area contributed by atoms with Gasteiger partial charge in [0.05, 0.1) is 10.9 Å². The lowest BCUT2D eigenvalue weighted by molar-refractivity contribution is 0.354. The molecular formula is C17H18N4O4S. The average Bonchev–Trinajstić information content (AvgIpc) is 3.07. The minimum absolute atomic E-state index is 0.129. The Morgan fingerprint density at radius 3 is 2.50 bits per heavy atom. The molecule has 0 saturated carbocycles. The number of rotatable bonds is 5. The highest BCUT2D eigenvalue weighted by Crippen LogP contribution is 2.19. The van der Waals surface area contributed by atoms with Crippen molar-refractivity contribution in [3.8, 4) is 11.4 Å². The second-order valence-corrected chi connectivity index (χ2v) is 7.69. The summed E-state index contributed by atoms with van der Waals surface area (Å²) in [6.45, 7) is 3.50. The second-order valence-electron chi connectivity index (χ2n) is 5.98. The van der Waals surface area contributed by atoms with Crippen molar-refractivity contribution in [1.82, 2.24) is 19.4 Å². The van der Waals surface area contributed by atoms with Gasteiger partial charge in [-0.05, 0) is 32.0 Å². The second kappa shape index (κ2) is 6.85. The summed E-state index contributed by atoms with van der Waals surface area (Å²) in [5.74, 6) is 0.404. The summed E-state index contributed by atoms with van der Waals surface area (Å²) in [5, 5.41) is 3.86. The van der Waals surface area contributed by atoms with E-state index in [1.54, 1.807) is 38.4 Å². The van der Waals surface area contributed by atoms with Crippen LogP contribution in [0.5, 0.6) is 0 Å². The fourth-order valence-electron chi connectivity index (χ4n) is 2.32. The largest absolute Gasteiger partial charge is 0.337 e. The number of nitrogens with zero attached hydrogens (tertiary/aromatic N) is 3. The standard InChI is InChI=1S/C17H18N4O4S/c1-11-4-7-14(8-5-11)26(23,24)20-12(2)17-18-16(19-25-17)13-6-9-15(22)21(3)10-13/h4-10,12,20H,1-3H3. The van der Waals surface area contributed by atoms with Crippen molar-refractivity contribution < 1.29 is 12.9 Å². The van der Waals surface area contributed by atoms with Gasteiger partial charge in [-0.1, -0.05) is 22.9 Å². The third-order valence-corrected chi connectivity index (χ3v) is 5.38. The number of sulfonamides is 1. The molecule has 0 fully saturated rings. The molecule has 2 aromatic heterocycles. The van der Waals surface area contributed by atoms with Gasteiger partial charge in [0.1, 0.15) is 0 Å². The first kappa shape index (κ1) is 18.0. The van der Waals surface area contributed by atoms with Gasteiger partial charge in [0.15, 0.2) is 0 Å². The van der Waals surface area contributed by atoms with Gasteiger partial charge in [0, 0.05) is 24.9 Å². The molecule has 8 nitrogen and oxygen atoms in total. The summed E-state index contributed by atoms with van der Waals surface area (Å²) in [7, 11) is -2.10. The van der Waals surface area contributed by atoms with Crippen LogP contribution in [0.4, 0.5) is 0 Å². The molecule has 0 radical (unpaired) electrons. The van der Waals surface area contributed by atoms with Gasteiger partial charge in [-0.15, -0.1) is 0 Å². The van der Waals surface area contributed by atoms with E-state index in [0.29, 0.717) is 5.56 Å². The molecule has 2 heterocycles. The monoisotopic (exact) mass is 374 g/mol. The molecule has 9 heteroatoms. The maximum absolute atomic E-state index is 12.4. The van der Waals surface area contributed by atoms with Gasteiger partial charge in [0.2, 0.25) is 27.3 Å². The first-order valence-corrected chi connectivity index (χ1v) is 9.34. The highest BCUT2D eigenvalue weighted by molar-refractivity contribution is 7.89. The third-order valence-electron chi connectivity index (χ3n) is 3.82. The van der Waals surface area contributed by atoms with Crippen LogP contribution in [-0.2, 0) is 17.1 Å². The predicted molar refractivity (Wildman–Crippen MR) is 94.9 cm³/mol. The van der Waals surface area contributed by atoms with E-state index < -0.39 is 16.1 Å². The van der Waals surface area contributed by atoms with E-state index in [4.69, 9.17) is 4.52 Å². The van der Waals surface area contributed by atoms with Crippen LogP contribution in [0.1, 0.15) is 24.4 Å². The molecule has 0 spiro atoms. The molecule has 0 saturated heterocycles. The molecule has 0 bridgehead atoms. The quantitative estimate of drug-likeness (QED) is 0.729. The van der Waals surface area contributed by atoms with Crippen molar-refractivity contribution in [2.45, 2.75) is 24.8 Å². The molecule has 0 aliphatic carbocycles. The molecule has 136 valence electrons. The molecule has 0 amide bonds. The van der Waals surface area contributed by atoms with Crippen molar-refractivity contribution in [2.75, 3.05) is 0 Å². The van der Waals surface area contributed by atoms with E-state index in [2.05, 4.69) is 14.9 Å². The number of aryl methyl sites for hydroxylation is 2. The Bertz CT molecular complexity index is 1080. The van der Waals surface area contributed by atoms with Crippen molar-refractivity contribution in [3.05, 3.63) is 64.4 Å². The zero-order valence-electron chi connectivity index (χ0n) is 14.5. The smallest absolute Gasteiger partial charge is 0.250 e. The SMILES string of the molecule is Cc1ccc(S(=O)(=O)NC(C)c2nc(-c3ccc(=O)n(C)c3)no2)cc1. The van der Waals surface area contributed by atoms with Gasteiger partial charge in [-0.2, -0.15) is 9.71 Å². The van der Waals surface area contributed by atoms with Crippen LogP contribution in [0.25, 0.3) is 11.4 Å². The Balaban J connectivity index is 1.81. The molecule has 0 aliphatic rings. The maximum Gasteiger partial charge on any atom is 0.250 e. The fraction of sp³-hybridized carbons (Fsp3) is 0.235. The zero-order valence-corrected chi connectivity index (χ0v) is 15.3. The van der Waals surface area contributed by atoms with Crippen LogP contribution in [-0.4, -0.2) is 23.1 Å². The van der Waals surface area contributed by atoms with Crippen LogP contribution in [0.3, 0.4) is 0 Å². The molecule has 26 heavy (non-hydrogen) atoms. The lowest BCUT2D eigenvalue weighted by Gasteiger charge is -2.10. The van der Waals surface area contributed by atoms with E-state index in [9.17, 15) is 13.2 Å². The normalized spacial score (nSPS) is 12.9. The molecule has 1 aromatic carbocycles. The molecule has 1 atom stereocenters. The highest BCUT2D eigenvalue weighted by atomic mass is 32.2. The van der Waals surface area contributed by atoms with Gasteiger partial charge in [-0.25, -0.2) is 8.42 Å². The van der Waals surface area contributed by atoms with Crippen molar-refractivity contribution in [3.63, 3.8) is 0 Å². The van der Waals surface area contributed by atoms with Crippen molar-refractivity contribution in [1.29, 1.82) is 0 Å². The summed E-state index contributed by atoms with van der Waals surface area (Å²) in [6, 6.07) is 8.79. The number of aromatic nitrogens is 3. The Labute approximate surface area is 150 Å². The highest BCUT2D eigenvalue weighted by Gasteiger charge is 2.22. The number of hydrogen-bond acceptors (Lipinski definition) is 6. The lowest BCUT2D eigenvalue weighted by Crippen LogP contribution is -2.27. The molecular weight excluding hydrogens is 356 g/mol. The van der Waals surface area contributed by atoms with Crippen LogP contribution >= 0.6 is 0 Å². The van der Waals surface area contributed by atoms with Crippen LogP contribution in [0.15, 0.2) is 56.8 Å². The topological polar surface area (TPSA) is 107 Å². The van der Waals surface area contributed by atoms with Crippen LogP contribution < -0.4 is 10.3 Å². The minimum Gasteiger partial charge on any atom is -0.337 e. The van der Waals surface area contributed by atoms with E-state index >= 15 is 0 Å². The summed E-state index contributed by atoms with van der Waals surface area (Å²) in [4.78, 5) is 15.8. The third kappa shape index (κ3) is 3.73. The lowest BCUT2D eigenvalue weighted by atomic mass is 10.2.